The van der Waals surface area contributed by atoms with Gasteiger partial charge in [-0.2, -0.15) is 0 Å². The number of guanidine groups is 1. The van der Waals surface area contributed by atoms with Gasteiger partial charge in [0.1, 0.15) is 0 Å². The highest BCUT2D eigenvalue weighted by molar-refractivity contribution is 14.0. The number of halogens is 1. The Morgan fingerprint density at radius 1 is 1.12 bits per heavy atom. The van der Waals surface area contributed by atoms with Crippen LogP contribution in [-0.4, -0.2) is 77.2 Å². The number of hydrogen-bond donors (Lipinski definition) is 1. The van der Waals surface area contributed by atoms with E-state index in [4.69, 9.17) is 14.2 Å². The summed E-state index contributed by atoms with van der Waals surface area (Å²) in [6.07, 6.45) is 5.88. The first kappa shape index (κ1) is 25.9. The number of hydrogen-bond acceptors (Lipinski definition) is 4. The molecule has 26 heavy (non-hydrogen) atoms. The standard InChI is InChI=1S/C19H39N3O3.HI/c1-4-6-12-23-16-17-25-15-10-21-19(20-5-2)22(3)11-7-18-8-13-24-14-9-18;/h18H,4-17H2,1-3H3,(H,20,21);1H. The van der Waals surface area contributed by atoms with E-state index < -0.39 is 0 Å². The summed E-state index contributed by atoms with van der Waals surface area (Å²) in [5.74, 6) is 1.76. The predicted octanol–water partition coefficient (Wildman–Crippen LogP) is 3.15. The van der Waals surface area contributed by atoms with Gasteiger partial charge < -0.3 is 24.4 Å². The van der Waals surface area contributed by atoms with Crippen LogP contribution < -0.4 is 5.32 Å². The lowest BCUT2D eigenvalue weighted by Gasteiger charge is -2.26. The molecule has 1 aliphatic rings. The van der Waals surface area contributed by atoms with Gasteiger partial charge in [0.2, 0.25) is 0 Å². The molecule has 0 radical (unpaired) electrons. The minimum Gasteiger partial charge on any atom is -0.381 e. The van der Waals surface area contributed by atoms with Gasteiger partial charge >= 0.3 is 0 Å². The summed E-state index contributed by atoms with van der Waals surface area (Å²) < 4.78 is 16.5. The van der Waals surface area contributed by atoms with Crippen molar-refractivity contribution in [3.63, 3.8) is 0 Å². The zero-order chi connectivity index (χ0) is 18.2. The number of nitrogens with one attached hydrogen (secondary N) is 1. The monoisotopic (exact) mass is 485 g/mol. The smallest absolute Gasteiger partial charge is 0.193 e. The van der Waals surface area contributed by atoms with Crippen LogP contribution in [0, 0.1) is 5.92 Å². The molecule has 156 valence electrons. The Hall–Kier alpha value is -0.120. The fourth-order valence-electron chi connectivity index (χ4n) is 2.77. The number of unbranched alkanes of at least 4 members (excludes halogenated alkanes) is 1. The zero-order valence-electron chi connectivity index (χ0n) is 17.0. The van der Waals surface area contributed by atoms with Gasteiger partial charge in [-0.25, -0.2) is 0 Å². The average Bonchev–Trinajstić information content (AvgIpc) is 2.64. The van der Waals surface area contributed by atoms with Crippen LogP contribution in [0.15, 0.2) is 4.99 Å². The third-order valence-corrected chi connectivity index (χ3v) is 4.42. The van der Waals surface area contributed by atoms with Crippen molar-refractivity contribution >= 4 is 29.9 Å². The highest BCUT2D eigenvalue weighted by Gasteiger charge is 2.15. The minimum absolute atomic E-state index is 0. The first-order valence-corrected chi connectivity index (χ1v) is 10.0. The normalized spacial score (nSPS) is 15.6. The molecule has 0 atom stereocenters. The minimum atomic E-state index is 0. The Labute approximate surface area is 177 Å². The van der Waals surface area contributed by atoms with Gasteiger partial charge in [0.15, 0.2) is 5.96 Å². The molecule has 1 saturated heterocycles. The fourth-order valence-corrected chi connectivity index (χ4v) is 2.77. The van der Waals surface area contributed by atoms with E-state index in [9.17, 15) is 0 Å². The summed E-state index contributed by atoms with van der Waals surface area (Å²) in [7, 11) is 2.11. The summed E-state index contributed by atoms with van der Waals surface area (Å²) in [5.41, 5.74) is 0. The van der Waals surface area contributed by atoms with Crippen molar-refractivity contribution < 1.29 is 14.2 Å². The molecule has 1 N–H and O–H groups in total. The topological polar surface area (TPSA) is 55.3 Å². The molecule has 1 heterocycles. The molecule has 0 aromatic carbocycles. The van der Waals surface area contributed by atoms with Crippen molar-refractivity contribution in [1.82, 2.24) is 10.2 Å². The molecule has 1 aliphatic heterocycles. The summed E-state index contributed by atoms with van der Waals surface area (Å²) in [5, 5.41) is 3.37. The van der Waals surface area contributed by atoms with Crippen molar-refractivity contribution in [2.24, 2.45) is 10.9 Å². The van der Waals surface area contributed by atoms with E-state index in [1.165, 1.54) is 25.7 Å². The Balaban J connectivity index is 0.00000625. The molecule has 0 aromatic heterocycles. The number of aliphatic imine (C=N–C) groups is 1. The SMILES string of the molecule is CCCCOCCOCCN=C(NCC)N(C)CCC1CCOCC1.I. The van der Waals surface area contributed by atoms with E-state index in [-0.39, 0.29) is 24.0 Å². The molecule has 0 bridgehead atoms. The fraction of sp³-hybridized carbons (Fsp3) is 0.947. The molecule has 6 nitrogen and oxygen atoms in total. The molecule has 0 saturated carbocycles. The summed E-state index contributed by atoms with van der Waals surface area (Å²) in [6, 6.07) is 0. The number of rotatable bonds is 13. The Bertz CT molecular complexity index is 340. The van der Waals surface area contributed by atoms with Crippen LogP contribution in [0.1, 0.15) is 46.0 Å². The van der Waals surface area contributed by atoms with E-state index in [1.54, 1.807) is 0 Å². The van der Waals surface area contributed by atoms with Crippen LogP contribution in [-0.2, 0) is 14.2 Å². The summed E-state index contributed by atoms with van der Waals surface area (Å²) >= 11 is 0. The molecule has 1 rings (SSSR count). The lowest BCUT2D eigenvalue weighted by atomic mass is 9.96. The maximum atomic E-state index is 5.59. The van der Waals surface area contributed by atoms with Gasteiger partial charge in [-0.3, -0.25) is 4.99 Å². The van der Waals surface area contributed by atoms with Gasteiger partial charge in [0.25, 0.3) is 0 Å². The largest absolute Gasteiger partial charge is 0.381 e. The van der Waals surface area contributed by atoms with Gasteiger partial charge in [-0.05, 0) is 38.5 Å². The second-order valence-electron chi connectivity index (χ2n) is 6.58. The van der Waals surface area contributed by atoms with Crippen molar-refractivity contribution in [2.45, 2.75) is 46.0 Å². The van der Waals surface area contributed by atoms with Crippen LogP contribution in [0.3, 0.4) is 0 Å². The van der Waals surface area contributed by atoms with Crippen LogP contribution in [0.4, 0.5) is 0 Å². The first-order valence-electron chi connectivity index (χ1n) is 10.0. The maximum Gasteiger partial charge on any atom is 0.193 e. The molecule has 0 aromatic rings. The molecule has 0 amide bonds. The molecule has 1 fully saturated rings. The molecule has 0 spiro atoms. The van der Waals surface area contributed by atoms with Crippen molar-refractivity contribution in [1.29, 1.82) is 0 Å². The van der Waals surface area contributed by atoms with Crippen molar-refractivity contribution in [3.8, 4) is 0 Å². The lowest BCUT2D eigenvalue weighted by Crippen LogP contribution is -2.40. The zero-order valence-corrected chi connectivity index (χ0v) is 19.3. The van der Waals surface area contributed by atoms with Crippen LogP contribution in [0.25, 0.3) is 0 Å². The highest BCUT2D eigenvalue weighted by Crippen LogP contribution is 2.18. The number of nitrogens with zero attached hydrogens (tertiary/aromatic N) is 2. The van der Waals surface area contributed by atoms with Gasteiger partial charge in [0.05, 0.1) is 26.4 Å². The van der Waals surface area contributed by atoms with E-state index >= 15 is 0 Å². The van der Waals surface area contributed by atoms with Crippen LogP contribution in [0.5, 0.6) is 0 Å². The van der Waals surface area contributed by atoms with Crippen molar-refractivity contribution in [2.75, 3.05) is 66.3 Å². The summed E-state index contributed by atoms with van der Waals surface area (Å²) in [6.45, 7) is 11.5. The quantitative estimate of drug-likeness (QED) is 0.188. The maximum absolute atomic E-state index is 5.59. The highest BCUT2D eigenvalue weighted by atomic mass is 127. The summed E-state index contributed by atoms with van der Waals surface area (Å²) in [4.78, 5) is 6.89. The van der Waals surface area contributed by atoms with E-state index in [2.05, 4.69) is 36.1 Å². The average molecular weight is 485 g/mol. The first-order chi connectivity index (χ1) is 12.3. The van der Waals surface area contributed by atoms with Crippen molar-refractivity contribution in [3.05, 3.63) is 0 Å². The molecule has 0 aliphatic carbocycles. The molecular weight excluding hydrogens is 445 g/mol. The van der Waals surface area contributed by atoms with Crippen LogP contribution >= 0.6 is 24.0 Å². The Morgan fingerprint density at radius 2 is 1.81 bits per heavy atom. The second-order valence-corrected chi connectivity index (χ2v) is 6.58. The number of ether oxygens (including phenoxy) is 3. The van der Waals surface area contributed by atoms with Crippen LogP contribution in [0.2, 0.25) is 0 Å². The molecule has 7 heteroatoms. The predicted molar refractivity (Wildman–Crippen MR) is 119 cm³/mol. The van der Waals surface area contributed by atoms with E-state index in [0.29, 0.717) is 26.4 Å². The third kappa shape index (κ3) is 13.1. The third-order valence-electron chi connectivity index (χ3n) is 4.42. The second kappa shape index (κ2) is 18.3. The lowest BCUT2D eigenvalue weighted by molar-refractivity contribution is 0.0497. The van der Waals surface area contributed by atoms with Gasteiger partial charge in [-0.1, -0.05) is 13.3 Å². The molecular formula is C19H40IN3O3. The van der Waals surface area contributed by atoms with E-state index in [1.807, 2.05) is 0 Å². The Kier molecular flexibility index (Phi) is 18.2. The van der Waals surface area contributed by atoms with Gasteiger partial charge in [0, 0.05) is 40.0 Å². The van der Waals surface area contributed by atoms with Gasteiger partial charge in [-0.15, -0.1) is 24.0 Å². The molecule has 0 unspecified atom stereocenters. The Morgan fingerprint density at radius 3 is 2.46 bits per heavy atom. The van der Waals surface area contributed by atoms with E-state index in [0.717, 1.165) is 51.2 Å².